The van der Waals surface area contributed by atoms with Crippen LogP contribution in [0.2, 0.25) is 5.15 Å². The monoisotopic (exact) mass is 281 g/mol. The minimum atomic E-state index is 0.221. The van der Waals surface area contributed by atoms with Crippen LogP contribution in [0.3, 0.4) is 0 Å². The van der Waals surface area contributed by atoms with Crippen LogP contribution in [0.15, 0.2) is 0 Å². The predicted octanol–water partition coefficient (Wildman–Crippen LogP) is 3.63. The van der Waals surface area contributed by atoms with E-state index in [0.717, 1.165) is 6.54 Å². The molecule has 0 bridgehead atoms. The van der Waals surface area contributed by atoms with Crippen molar-refractivity contribution in [3.63, 3.8) is 0 Å². The normalized spacial score (nSPS) is 18.1. The molecule has 1 N–H and O–H groups in total. The molecule has 1 aliphatic carbocycles. The van der Waals surface area contributed by atoms with E-state index in [1.807, 2.05) is 0 Å². The van der Waals surface area contributed by atoms with Gasteiger partial charge in [0.2, 0.25) is 0 Å². The lowest BCUT2D eigenvalue weighted by Crippen LogP contribution is -2.29. The maximum atomic E-state index is 11.1. The molecule has 2 rings (SSSR count). The number of aldehydes is 1. The first-order valence-corrected chi connectivity index (χ1v) is 7.15. The number of nitrogens with one attached hydrogen (secondary N) is 1. The molecule has 1 aliphatic rings. The molecular formula is C14H20ClN3O. The van der Waals surface area contributed by atoms with Crippen LogP contribution in [0, 0.1) is 12.3 Å². The Balaban J connectivity index is 2.12. The topological polar surface area (TPSA) is 54.9 Å². The summed E-state index contributed by atoms with van der Waals surface area (Å²) in [6.45, 7) is 4.88. The van der Waals surface area contributed by atoms with E-state index < -0.39 is 0 Å². The van der Waals surface area contributed by atoms with E-state index in [0.29, 0.717) is 23.5 Å². The molecule has 1 fully saturated rings. The molecule has 0 aliphatic heterocycles. The lowest BCUT2D eigenvalue weighted by Gasteiger charge is -2.34. The van der Waals surface area contributed by atoms with E-state index in [9.17, 15) is 4.79 Å². The van der Waals surface area contributed by atoms with E-state index in [2.05, 4.69) is 22.2 Å². The van der Waals surface area contributed by atoms with Gasteiger partial charge in [-0.3, -0.25) is 4.79 Å². The van der Waals surface area contributed by atoms with Crippen LogP contribution in [-0.4, -0.2) is 22.8 Å². The van der Waals surface area contributed by atoms with E-state index in [4.69, 9.17) is 11.6 Å². The van der Waals surface area contributed by atoms with Crippen molar-refractivity contribution < 1.29 is 4.79 Å². The first-order valence-electron chi connectivity index (χ1n) is 6.77. The van der Waals surface area contributed by atoms with Crippen LogP contribution in [0.4, 0.5) is 5.82 Å². The van der Waals surface area contributed by atoms with Gasteiger partial charge in [0.1, 0.15) is 16.8 Å². The second-order valence-corrected chi connectivity index (χ2v) is 6.02. The molecule has 5 heteroatoms. The van der Waals surface area contributed by atoms with Gasteiger partial charge in [-0.25, -0.2) is 9.97 Å². The van der Waals surface area contributed by atoms with Crippen molar-refractivity contribution in [2.75, 3.05) is 11.9 Å². The number of carbonyl (C=O) groups excluding carboxylic acids is 1. The summed E-state index contributed by atoms with van der Waals surface area (Å²) in [6, 6.07) is 0. The SMILES string of the molecule is Cc1nc(Cl)c(C=O)c(NCC2(C)CCCCC2)n1. The van der Waals surface area contributed by atoms with E-state index in [1.165, 1.54) is 32.1 Å². The van der Waals surface area contributed by atoms with Crippen LogP contribution in [0.5, 0.6) is 0 Å². The quantitative estimate of drug-likeness (QED) is 0.676. The summed E-state index contributed by atoms with van der Waals surface area (Å²) in [5, 5.41) is 3.51. The Morgan fingerprint density at radius 3 is 2.63 bits per heavy atom. The number of anilines is 1. The lowest BCUT2D eigenvalue weighted by molar-refractivity contribution is 0.112. The third kappa shape index (κ3) is 3.44. The van der Waals surface area contributed by atoms with Crippen LogP contribution >= 0.6 is 11.6 Å². The van der Waals surface area contributed by atoms with Crippen molar-refractivity contribution in [3.8, 4) is 0 Å². The molecule has 1 aromatic rings. The fourth-order valence-corrected chi connectivity index (χ4v) is 2.92. The highest BCUT2D eigenvalue weighted by molar-refractivity contribution is 6.32. The maximum Gasteiger partial charge on any atom is 0.156 e. The highest BCUT2D eigenvalue weighted by Gasteiger charge is 2.27. The predicted molar refractivity (Wildman–Crippen MR) is 76.8 cm³/mol. The average molecular weight is 282 g/mol. The molecule has 0 spiro atoms. The smallest absolute Gasteiger partial charge is 0.156 e. The molecular weight excluding hydrogens is 262 g/mol. The lowest BCUT2D eigenvalue weighted by atomic mass is 9.76. The molecule has 0 amide bonds. The van der Waals surface area contributed by atoms with Gasteiger partial charge in [-0.05, 0) is 25.2 Å². The molecule has 19 heavy (non-hydrogen) atoms. The first kappa shape index (κ1) is 14.3. The Morgan fingerprint density at radius 2 is 2.00 bits per heavy atom. The summed E-state index contributed by atoms with van der Waals surface area (Å²) in [4.78, 5) is 19.4. The molecule has 0 atom stereocenters. The number of halogens is 1. The summed E-state index contributed by atoms with van der Waals surface area (Å²) in [6.07, 6.45) is 7.04. The van der Waals surface area contributed by atoms with Crippen LogP contribution in [0.1, 0.15) is 55.2 Å². The van der Waals surface area contributed by atoms with Gasteiger partial charge in [-0.2, -0.15) is 0 Å². The molecule has 0 unspecified atom stereocenters. The zero-order chi connectivity index (χ0) is 13.9. The Morgan fingerprint density at radius 1 is 1.32 bits per heavy atom. The molecule has 4 nitrogen and oxygen atoms in total. The van der Waals surface area contributed by atoms with Crippen molar-refractivity contribution in [3.05, 3.63) is 16.5 Å². The number of hydrogen-bond acceptors (Lipinski definition) is 4. The number of aromatic nitrogens is 2. The largest absolute Gasteiger partial charge is 0.369 e. The summed E-state index contributed by atoms with van der Waals surface area (Å²) >= 11 is 5.97. The third-order valence-electron chi connectivity index (χ3n) is 3.87. The van der Waals surface area contributed by atoms with Crippen molar-refractivity contribution in [1.82, 2.24) is 9.97 Å². The Kier molecular flexibility index (Phi) is 4.40. The second kappa shape index (κ2) is 5.87. The van der Waals surface area contributed by atoms with Gasteiger partial charge in [0.25, 0.3) is 0 Å². The number of aryl methyl sites for hydroxylation is 1. The standard InChI is InChI=1S/C14H20ClN3O/c1-10-17-12(15)11(8-19)13(18-10)16-9-14(2)6-4-3-5-7-14/h8H,3-7,9H2,1-2H3,(H,16,17,18). The van der Waals surface area contributed by atoms with Gasteiger partial charge in [0, 0.05) is 6.54 Å². The van der Waals surface area contributed by atoms with Gasteiger partial charge in [-0.1, -0.05) is 37.8 Å². The number of nitrogens with zero attached hydrogens (tertiary/aromatic N) is 2. The van der Waals surface area contributed by atoms with Gasteiger partial charge in [0.05, 0.1) is 5.56 Å². The van der Waals surface area contributed by atoms with Gasteiger partial charge < -0.3 is 5.32 Å². The van der Waals surface area contributed by atoms with Gasteiger partial charge >= 0.3 is 0 Å². The number of hydrogen-bond donors (Lipinski definition) is 1. The molecule has 1 heterocycles. The molecule has 0 radical (unpaired) electrons. The zero-order valence-corrected chi connectivity index (χ0v) is 12.3. The van der Waals surface area contributed by atoms with Crippen molar-refractivity contribution >= 4 is 23.7 Å². The van der Waals surface area contributed by atoms with Crippen LogP contribution in [-0.2, 0) is 0 Å². The van der Waals surface area contributed by atoms with E-state index >= 15 is 0 Å². The highest BCUT2D eigenvalue weighted by atomic mass is 35.5. The van der Waals surface area contributed by atoms with Crippen molar-refractivity contribution in [2.24, 2.45) is 5.41 Å². The van der Waals surface area contributed by atoms with Crippen LogP contribution in [0.25, 0.3) is 0 Å². The summed E-state index contributed by atoms with van der Waals surface area (Å²) in [5.74, 6) is 1.13. The zero-order valence-electron chi connectivity index (χ0n) is 11.5. The van der Waals surface area contributed by atoms with E-state index in [-0.39, 0.29) is 10.6 Å². The summed E-state index contributed by atoms with van der Waals surface area (Å²) in [7, 11) is 0. The molecule has 1 aromatic heterocycles. The van der Waals surface area contributed by atoms with Gasteiger partial charge in [0.15, 0.2) is 6.29 Å². The molecule has 0 aromatic carbocycles. The fraction of sp³-hybridized carbons (Fsp3) is 0.643. The first-order chi connectivity index (χ1) is 9.04. The Labute approximate surface area is 119 Å². The third-order valence-corrected chi connectivity index (χ3v) is 4.16. The molecule has 0 saturated heterocycles. The average Bonchev–Trinajstić information content (AvgIpc) is 2.37. The minimum absolute atomic E-state index is 0.221. The van der Waals surface area contributed by atoms with Crippen molar-refractivity contribution in [2.45, 2.75) is 46.0 Å². The minimum Gasteiger partial charge on any atom is -0.369 e. The fourth-order valence-electron chi connectivity index (χ4n) is 2.67. The second-order valence-electron chi connectivity index (χ2n) is 5.67. The van der Waals surface area contributed by atoms with Gasteiger partial charge in [-0.15, -0.1) is 0 Å². The van der Waals surface area contributed by atoms with E-state index in [1.54, 1.807) is 6.92 Å². The Bertz CT molecular complexity index is 470. The molecule has 1 saturated carbocycles. The summed E-state index contributed by atoms with van der Waals surface area (Å²) in [5.41, 5.74) is 0.635. The van der Waals surface area contributed by atoms with Crippen LogP contribution < -0.4 is 5.32 Å². The number of rotatable bonds is 4. The molecule has 104 valence electrons. The Hall–Kier alpha value is -1.16. The number of carbonyl (C=O) groups is 1. The summed E-state index contributed by atoms with van der Waals surface area (Å²) < 4.78 is 0. The van der Waals surface area contributed by atoms with Crippen molar-refractivity contribution in [1.29, 1.82) is 0 Å². The maximum absolute atomic E-state index is 11.1. The highest BCUT2D eigenvalue weighted by Crippen LogP contribution is 2.36.